The lowest BCUT2D eigenvalue weighted by atomic mass is 9.93. The Morgan fingerprint density at radius 1 is 1.24 bits per heavy atom. The Morgan fingerprint density at radius 2 is 1.82 bits per heavy atom. The smallest absolute Gasteiger partial charge is 0.0446 e. The number of anilines is 1. The molecule has 0 spiro atoms. The van der Waals surface area contributed by atoms with Gasteiger partial charge in [-0.15, -0.1) is 0 Å². The van der Waals surface area contributed by atoms with Crippen molar-refractivity contribution in [3.8, 4) is 0 Å². The van der Waals surface area contributed by atoms with Crippen molar-refractivity contribution < 1.29 is 0 Å². The maximum atomic E-state index is 5.56. The van der Waals surface area contributed by atoms with E-state index in [1.165, 1.54) is 25.5 Å². The summed E-state index contributed by atoms with van der Waals surface area (Å²) in [6.07, 6.45) is 6.90. The summed E-state index contributed by atoms with van der Waals surface area (Å²) < 4.78 is 0. The lowest BCUT2D eigenvalue weighted by molar-refractivity contribution is 0.187. The molecule has 94 valence electrons. The highest BCUT2D eigenvalue weighted by Gasteiger charge is 2.19. The summed E-state index contributed by atoms with van der Waals surface area (Å²) in [6, 6.07) is 7.60. The number of benzene rings is 1. The van der Waals surface area contributed by atoms with Gasteiger partial charge in [0.15, 0.2) is 0 Å². The minimum atomic E-state index is 0.546. The predicted octanol–water partition coefficient (Wildman–Crippen LogP) is 2.07. The van der Waals surface area contributed by atoms with E-state index in [-0.39, 0.29) is 0 Å². The lowest BCUT2D eigenvalue weighted by Gasteiger charge is -2.32. The monoisotopic (exact) mass is 254 g/mol. The molecular formula is C12H19ClN4. The molecular weight excluding hydrogens is 236 g/mol. The Hall–Kier alpha value is -1.39. The zero-order valence-corrected chi connectivity index (χ0v) is 10.5. The molecule has 1 aliphatic rings. The van der Waals surface area contributed by atoms with Gasteiger partial charge in [-0.25, -0.2) is 5.84 Å². The second-order valence-corrected chi connectivity index (χ2v) is 4.36. The molecule has 0 saturated heterocycles. The number of nitrogens with zero attached hydrogens (tertiary/aromatic N) is 1. The van der Waals surface area contributed by atoms with Gasteiger partial charge in [-0.2, -0.15) is 0 Å². The van der Waals surface area contributed by atoms with Gasteiger partial charge in [0.25, 0.3) is 0 Å². The van der Waals surface area contributed by atoms with Gasteiger partial charge in [-0.3, -0.25) is 0 Å². The molecule has 0 bridgehead atoms. The SMILES string of the molecule is N/C=C\N(N)C1CCC1.Nc1ccc(Cl)cc1. The summed E-state index contributed by atoms with van der Waals surface area (Å²) in [7, 11) is 0. The molecule has 1 fully saturated rings. The van der Waals surface area contributed by atoms with E-state index in [2.05, 4.69) is 0 Å². The van der Waals surface area contributed by atoms with E-state index in [9.17, 15) is 0 Å². The van der Waals surface area contributed by atoms with E-state index in [1.54, 1.807) is 35.5 Å². The van der Waals surface area contributed by atoms with Crippen LogP contribution in [0, 0.1) is 0 Å². The van der Waals surface area contributed by atoms with Crippen LogP contribution in [0.1, 0.15) is 19.3 Å². The Balaban J connectivity index is 0.000000171. The van der Waals surface area contributed by atoms with Crippen molar-refractivity contribution >= 4 is 17.3 Å². The minimum absolute atomic E-state index is 0.546. The number of hydrogen-bond acceptors (Lipinski definition) is 4. The second kappa shape index (κ2) is 7.04. The van der Waals surface area contributed by atoms with Gasteiger partial charge in [0.1, 0.15) is 0 Å². The first-order chi connectivity index (χ1) is 8.13. The first kappa shape index (κ1) is 13.7. The van der Waals surface area contributed by atoms with E-state index in [1.807, 2.05) is 0 Å². The quantitative estimate of drug-likeness (QED) is 0.429. The zero-order valence-electron chi connectivity index (χ0n) is 9.72. The van der Waals surface area contributed by atoms with Crippen molar-refractivity contribution in [1.82, 2.24) is 5.01 Å². The molecule has 0 aromatic heterocycles. The van der Waals surface area contributed by atoms with Crippen molar-refractivity contribution in [2.75, 3.05) is 5.73 Å². The van der Waals surface area contributed by atoms with Crippen LogP contribution in [0.3, 0.4) is 0 Å². The van der Waals surface area contributed by atoms with Crippen molar-refractivity contribution in [1.29, 1.82) is 0 Å². The zero-order chi connectivity index (χ0) is 12.7. The van der Waals surface area contributed by atoms with Gasteiger partial charge in [0, 0.05) is 29.2 Å². The number of hydrazine groups is 1. The fraction of sp³-hybridized carbons (Fsp3) is 0.333. The molecule has 17 heavy (non-hydrogen) atoms. The average Bonchev–Trinajstić information content (AvgIpc) is 2.21. The van der Waals surface area contributed by atoms with Gasteiger partial charge < -0.3 is 16.5 Å². The summed E-state index contributed by atoms with van der Waals surface area (Å²) >= 11 is 5.56. The number of hydrogen-bond donors (Lipinski definition) is 3. The van der Waals surface area contributed by atoms with E-state index in [0.717, 1.165) is 10.7 Å². The molecule has 1 aliphatic carbocycles. The van der Waals surface area contributed by atoms with Crippen LogP contribution in [0.15, 0.2) is 36.7 Å². The Kier molecular flexibility index (Phi) is 5.66. The highest BCUT2D eigenvalue weighted by molar-refractivity contribution is 6.30. The summed E-state index contributed by atoms with van der Waals surface area (Å²) in [5.41, 5.74) is 11.3. The molecule has 0 aliphatic heterocycles. The molecule has 0 unspecified atom stereocenters. The largest absolute Gasteiger partial charge is 0.403 e. The molecule has 0 atom stereocenters. The molecule has 4 nitrogen and oxygen atoms in total. The molecule has 1 aromatic carbocycles. The first-order valence-corrected chi connectivity index (χ1v) is 5.93. The first-order valence-electron chi connectivity index (χ1n) is 5.56. The van der Waals surface area contributed by atoms with Crippen LogP contribution >= 0.6 is 11.6 Å². The third kappa shape index (κ3) is 4.97. The van der Waals surface area contributed by atoms with Crippen LogP contribution in [0.5, 0.6) is 0 Å². The van der Waals surface area contributed by atoms with Crippen molar-refractivity contribution in [3.05, 3.63) is 41.7 Å². The Bertz CT molecular complexity index is 325. The number of nitrogen functional groups attached to an aromatic ring is 1. The highest BCUT2D eigenvalue weighted by Crippen LogP contribution is 2.22. The molecule has 0 radical (unpaired) electrons. The van der Waals surface area contributed by atoms with E-state index in [4.69, 9.17) is 28.9 Å². The summed E-state index contributed by atoms with van der Waals surface area (Å²) in [5, 5.41) is 2.41. The topological polar surface area (TPSA) is 81.3 Å². The lowest BCUT2D eigenvalue weighted by Crippen LogP contribution is -2.41. The van der Waals surface area contributed by atoms with Crippen LogP contribution in [0.25, 0.3) is 0 Å². The maximum absolute atomic E-state index is 5.56. The van der Waals surface area contributed by atoms with Crippen LogP contribution < -0.4 is 17.3 Å². The third-order valence-electron chi connectivity index (χ3n) is 2.62. The normalized spacial score (nSPS) is 14.9. The molecule has 0 heterocycles. The van der Waals surface area contributed by atoms with Gasteiger partial charge >= 0.3 is 0 Å². The molecule has 1 saturated carbocycles. The molecule has 1 aromatic rings. The summed E-state index contributed by atoms with van der Waals surface area (Å²) in [6.45, 7) is 0. The molecule has 5 heteroatoms. The van der Waals surface area contributed by atoms with Gasteiger partial charge in [0.2, 0.25) is 0 Å². The molecule has 6 N–H and O–H groups in total. The Labute approximate surface area is 107 Å². The van der Waals surface area contributed by atoms with Gasteiger partial charge in [0.05, 0.1) is 0 Å². The summed E-state index contributed by atoms with van der Waals surface area (Å²) in [5.74, 6) is 5.56. The van der Waals surface area contributed by atoms with Crippen LogP contribution in [0.4, 0.5) is 5.69 Å². The van der Waals surface area contributed by atoms with Crippen molar-refractivity contribution in [2.24, 2.45) is 11.6 Å². The third-order valence-corrected chi connectivity index (χ3v) is 2.88. The number of rotatable bonds is 2. The van der Waals surface area contributed by atoms with Crippen LogP contribution in [-0.2, 0) is 0 Å². The van der Waals surface area contributed by atoms with Crippen LogP contribution in [-0.4, -0.2) is 11.1 Å². The Morgan fingerprint density at radius 3 is 2.18 bits per heavy atom. The average molecular weight is 255 g/mol. The standard InChI is InChI=1S/C6H6ClN.C6H13N3/c7-5-1-3-6(8)4-2-5;7-4-5-9(8)6-2-1-3-6/h1-4H,8H2;4-6H,1-3,7-8H2/b;5-4-. The fourth-order valence-corrected chi connectivity index (χ4v) is 1.49. The van der Waals surface area contributed by atoms with Crippen molar-refractivity contribution in [2.45, 2.75) is 25.3 Å². The predicted molar refractivity (Wildman–Crippen MR) is 72.9 cm³/mol. The van der Waals surface area contributed by atoms with Gasteiger partial charge in [-0.05, 0) is 43.5 Å². The number of nitrogens with two attached hydrogens (primary N) is 3. The molecule has 2 rings (SSSR count). The maximum Gasteiger partial charge on any atom is 0.0446 e. The van der Waals surface area contributed by atoms with Crippen LogP contribution in [0.2, 0.25) is 5.02 Å². The molecule has 0 amide bonds. The van der Waals surface area contributed by atoms with Gasteiger partial charge in [-0.1, -0.05) is 11.6 Å². The number of halogens is 1. The van der Waals surface area contributed by atoms with E-state index >= 15 is 0 Å². The van der Waals surface area contributed by atoms with Crippen molar-refractivity contribution in [3.63, 3.8) is 0 Å². The summed E-state index contributed by atoms with van der Waals surface area (Å²) in [4.78, 5) is 0. The fourth-order valence-electron chi connectivity index (χ4n) is 1.37. The van der Waals surface area contributed by atoms with E-state index < -0.39 is 0 Å². The van der Waals surface area contributed by atoms with E-state index in [0.29, 0.717) is 6.04 Å². The minimum Gasteiger partial charge on any atom is -0.403 e. The second-order valence-electron chi connectivity index (χ2n) is 3.93. The highest BCUT2D eigenvalue weighted by atomic mass is 35.5.